The Morgan fingerprint density at radius 3 is 2.96 bits per heavy atom. The van der Waals surface area contributed by atoms with Crippen molar-refractivity contribution in [2.75, 3.05) is 5.75 Å². The molecule has 24 heavy (non-hydrogen) atoms. The largest absolute Gasteiger partial charge is 0.444 e. The summed E-state index contributed by atoms with van der Waals surface area (Å²) in [4.78, 5) is 17.1. The smallest absolute Gasteiger partial charge is 0.413 e. The van der Waals surface area contributed by atoms with E-state index in [0.29, 0.717) is 11.1 Å². The molecule has 0 unspecified atom stereocenters. The van der Waals surface area contributed by atoms with Gasteiger partial charge in [-0.05, 0) is 57.2 Å². The molecule has 2 aliphatic rings. The number of aliphatic imine (C=N–C) groups is 1. The molecule has 1 aliphatic carbocycles. The molecule has 0 radical (unpaired) electrons. The second-order valence-corrected chi connectivity index (χ2v) is 9.30. The Hall–Kier alpha value is -1.01. The number of rotatable bonds is 1. The van der Waals surface area contributed by atoms with Gasteiger partial charge in [0.1, 0.15) is 5.60 Å². The van der Waals surface area contributed by atoms with Crippen LogP contribution in [-0.4, -0.2) is 22.6 Å². The molecule has 4 nitrogen and oxygen atoms in total. The first-order chi connectivity index (χ1) is 11.3. The number of ether oxygens (including phenoxy) is 1. The maximum Gasteiger partial charge on any atom is 0.413 e. The molecule has 1 amide bonds. The monoisotopic (exact) mass is 410 g/mol. The highest BCUT2D eigenvalue weighted by atomic mass is 79.9. The first-order valence-corrected chi connectivity index (χ1v) is 10.1. The zero-order chi connectivity index (χ0) is 17.4. The van der Waals surface area contributed by atoms with Gasteiger partial charge in [0, 0.05) is 10.2 Å². The van der Waals surface area contributed by atoms with Gasteiger partial charge in [-0.25, -0.2) is 4.79 Å². The average molecular weight is 411 g/mol. The van der Waals surface area contributed by atoms with Gasteiger partial charge in [-0.2, -0.15) is 0 Å². The Bertz CT molecular complexity index is 671. The van der Waals surface area contributed by atoms with Crippen molar-refractivity contribution < 1.29 is 9.53 Å². The summed E-state index contributed by atoms with van der Waals surface area (Å²) in [5.74, 6) is 1.49. The number of thioether (sulfide) groups is 1. The highest BCUT2D eigenvalue weighted by Crippen LogP contribution is 2.51. The van der Waals surface area contributed by atoms with Crippen molar-refractivity contribution >= 4 is 39.0 Å². The molecule has 6 heteroatoms. The first-order valence-electron chi connectivity index (χ1n) is 8.27. The van der Waals surface area contributed by atoms with Crippen molar-refractivity contribution in [3.05, 3.63) is 34.3 Å². The van der Waals surface area contributed by atoms with Crippen molar-refractivity contribution in [2.24, 2.45) is 10.9 Å². The zero-order valence-corrected chi connectivity index (χ0v) is 16.7. The summed E-state index contributed by atoms with van der Waals surface area (Å²) in [7, 11) is 0. The molecule has 130 valence electrons. The Morgan fingerprint density at radius 2 is 2.25 bits per heavy atom. The molecular formula is C18H23BrN2O2S. The summed E-state index contributed by atoms with van der Waals surface area (Å²) in [5.41, 5.74) is 0.490. The third-order valence-electron chi connectivity index (χ3n) is 4.44. The molecular weight excluding hydrogens is 388 g/mol. The molecule has 1 aliphatic heterocycles. The van der Waals surface area contributed by atoms with Crippen molar-refractivity contribution in [2.45, 2.75) is 51.2 Å². The predicted octanol–water partition coefficient (Wildman–Crippen LogP) is 5.07. The van der Waals surface area contributed by atoms with E-state index in [2.05, 4.69) is 39.4 Å². The number of carbonyl (C=O) groups is 1. The third kappa shape index (κ3) is 3.80. The third-order valence-corrected chi connectivity index (χ3v) is 5.97. The average Bonchev–Trinajstić information content (AvgIpc) is 2.89. The van der Waals surface area contributed by atoms with Crippen LogP contribution in [0.5, 0.6) is 0 Å². The molecule has 1 aromatic carbocycles. The number of hydrogen-bond donors (Lipinski definition) is 1. The van der Waals surface area contributed by atoms with E-state index in [4.69, 9.17) is 9.73 Å². The number of carbonyl (C=O) groups excluding carboxylic acids is 1. The maximum atomic E-state index is 12.1. The molecule has 3 rings (SSSR count). The van der Waals surface area contributed by atoms with Crippen LogP contribution in [0.3, 0.4) is 0 Å². The van der Waals surface area contributed by atoms with Gasteiger partial charge in [-0.3, -0.25) is 10.3 Å². The topological polar surface area (TPSA) is 50.7 Å². The number of halogens is 1. The van der Waals surface area contributed by atoms with Gasteiger partial charge in [0.05, 0.1) is 5.54 Å². The SMILES string of the molecule is CC(C)(C)OC(=O)NC1=N[C@@]2(c3cccc(Br)c3)CCC[C@H]2CS1. The molecule has 0 aromatic heterocycles. The highest BCUT2D eigenvalue weighted by Gasteiger charge is 2.47. The minimum Gasteiger partial charge on any atom is -0.444 e. The van der Waals surface area contributed by atoms with Gasteiger partial charge in [0.2, 0.25) is 0 Å². The maximum absolute atomic E-state index is 12.1. The molecule has 1 aromatic rings. The van der Waals surface area contributed by atoms with Gasteiger partial charge in [0.15, 0.2) is 5.17 Å². The van der Waals surface area contributed by atoms with E-state index in [1.807, 2.05) is 26.8 Å². The van der Waals surface area contributed by atoms with E-state index in [9.17, 15) is 4.79 Å². The summed E-state index contributed by atoms with van der Waals surface area (Å²) in [6, 6.07) is 8.39. The number of nitrogens with one attached hydrogen (secondary N) is 1. The van der Waals surface area contributed by atoms with Crippen molar-refractivity contribution in [3.8, 4) is 0 Å². The van der Waals surface area contributed by atoms with Gasteiger partial charge in [0.25, 0.3) is 0 Å². The summed E-state index contributed by atoms with van der Waals surface area (Å²) < 4.78 is 6.42. The number of amides is 1. The van der Waals surface area contributed by atoms with Crippen molar-refractivity contribution in [1.29, 1.82) is 0 Å². The van der Waals surface area contributed by atoms with Crippen LogP contribution in [0.2, 0.25) is 0 Å². The summed E-state index contributed by atoms with van der Waals surface area (Å²) in [5, 5.41) is 3.51. The molecule has 1 N–H and O–H groups in total. The fourth-order valence-corrected chi connectivity index (χ4v) is 5.06. The van der Waals surface area contributed by atoms with E-state index in [1.165, 1.54) is 18.4 Å². The van der Waals surface area contributed by atoms with Crippen LogP contribution in [0.1, 0.15) is 45.6 Å². The standard InChI is InChI=1S/C18H23BrN2O2S/c1-17(2,3)23-16(22)20-15-21-18(9-5-7-13(18)11-24-15)12-6-4-8-14(19)10-12/h4,6,8,10,13H,5,7,9,11H2,1-3H3,(H,20,21,22)/t13-,18+/m0/s1. The summed E-state index contributed by atoms with van der Waals surface area (Å²) >= 11 is 5.19. The van der Waals surface area contributed by atoms with E-state index >= 15 is 0 Å². The van der Waals surface area contributed by atoms with Crippen LogP contribution in [0.15, 0.2) is 33.7 Å². The van der Waals surface area contributed by atoms with E-state index in [0.717, 1.165) is 16.6 Å². The number of nitrogens with zero attached hydrogens (tertiary/aromatic N) is 1. The number of hydrogen-bond acceptors (Lipinski definition) is 4. The molecule has 0 saturated heterocycles. The van der Waals surface area contributed by atoms with Crippen LogP contribution in [0.25, 0.3) is 0 Å². The molecule has 0 spiro atoms. The zero-order valence-electron chi connectivity index (χ0n) is 14.3. The second-order valence-electron chi connectivity index (χ2n) is 7.38. The Kier molecular flexibility index (Phi) is 4.98. The second kappa shape index (κ2) is 6.71. The lowest BCUT2D eigenvalue weighted by Gasteiger charge is -2.36. The lowest BCUT2D eigenvalue weighted by atomic mass is 9.82. The van der Waals surface area contributed by atoms with Crippen LogP contribution >= 0.6 is 27.7 Å². The molecule has 2 atom stereocenters. The van der Waals surface area contributed by atoms with E-state index in [1.54, 1.807) is 11.8 Å². The number of benzene rings is 1. The van der Waals surface area contributed by atoms with Gasteiger partial charge >= 0.3 is 6.09 Å². The molecule has 1 fully saturated rings. The lowest BCUT2D eigenvalue weighted by molar-refractivity contribution is 0.0564. The van der Waals surface area contributed by atoms with Gasteiger partial charge < -0.3 is 4.74 Å². The summed E-state index contributed by atoms with van der Waals surface area (Å²) in [6.07, 6.45) is 2.94. The molecule has 0 bridgehead atoms. The Morgan fingerprint density at radius 1 is 1.46 bits per heavy atom. The minimum absolute atomic E-state index is 0.223. The fourth-order valence-electron chi connectivity index (χ4n) is 3.48. The summed E-state index contributed by atoms with van der Waals surface area (Å²) in [6.45, 7) is 5.58. The number of alkyl carbamates (subject to hydrolysis) is 1. The lowest BCUT2D eigenvalue weighted by Crippen LogP contribution is -2.41. The Labute approximate surface area is 156 Å². The van der Waals surface area contributed by atoms with Gasteiger partial charge in [-0.15, -0.1) is 0 Å². The molecule has 1 saturated carbocycles. The van der Waals surface area contributed by atoms with E-state index < -0.39 is 11.7 Å². The Balaban J connectivity index is 1.87. The highest BCUT2D eigenvalue weighted by molar-refractivity contribution is 9.10. The fraction of sp³-hybridized carbons (Fsp3) is 0.556. The number of fused-ring (bicyclic) bond motifs is 1. The van der Waals surface area contributed by atoms with Crippen molar-refractivity contribution in [3.63, 3.8) is 0 Å². The number of amidine groups is 1. The predicted molar refractivity (Wildman–Crippen MR) is 102 cm³/mol. The normalized spacial score (nSPS) is 26.5. The van der Waals surface area contributed by atoms with Crippen LogP contribution in [0, 0.1) is 5.92 Å². The molecule has 1 heterocycles. The van der Waals surface area contributed by atoms with Crippen molar-refractivity contribution in [1.82, 2.24) is 5.32 Å². The van der Waals surface area contributed by atoms with E-state index in [-0.39, 0.29) is 5.54 Å². The van der Waals surface area contributed by atoms with Gasteiger partial charge in [-0.1, -0.05) is 46.2 Å². The first kappa shape index (κ1) is 17.8. The van der Waals surface area contributed by atoms with Crippen LogP contribution in [-0.2, 0) is 10.3 Å². The van der Waals surface area contributed by atoms with Crippen LogP contribution < -0.4 is 5.32 Å². The minimum atomic E-state index is -0.512. The van der Waals surface area contributed by atoms with Crippen LogP contribution in [0.4, 0.5) is 4.79 Å². The quantitative estimate of drug-likeness (QED) is 0.702.